The summed E-state index contributed by atoms with van der Waals surface area (Å²) >= 11 is 0. The molecule has 0 N–H and O–H groups in total. The lowest BCUT2D eigenvalue weighted by molar-refractivity contribution is 0.101. The van der Waals surface area contributed by atoms with Crippen LogP contribution in [0.1, 0.15) is 36.5 Å². The Morgan fingerprint density at radius 3 is 2.00 bits per heavy atom. The van der Waals surface area contributed by atoms with Gasteiger partial charge in [-0.15, -0.1) is 0 Å². The van der Waals surface area contributed by atoms with Gasteiger partial charge in [0.2, 0.25) is 5.88 Å². The van der Waals surface area contributed by atoms with Crippen molar-refractivity contribution in [3.05, 3.63) is 66.2 Å². The number of ketones is 1. The number of piperidine rings is 1. The highest BCUT2D eigenvalue weighted by Crippen LogP contribution is 2.43. The Labute approximate surface area is 154 Å². The van der Waals surface area contributed by atoms with Crippen LogP contribution >= 0.6 is 0 Å². The molecule has 2 aromatic carbocycles. The van der Waals surface area contributed by atoms with Crippen molar-refractivity contribution >= 4 is 11.7 Å². The van der Waals surface area contributed by atoms with E-state index in [4.69, 9.17) is 4.42 Å². The van der Waals surface area contributed by atoms with Crippen LogP contribution in [-0.4, -0.2) is 18.9 Å². The molecular formula is C23H23NO2. The van der Waals surface area contributed by atoms with Gasteiger partial charge in [-0.25, -0.2) is 0 Å². The smallest absolute Gasteiger partial charge is 0.204 e. The first kappa shape index (κ1) is 16.6. The van der Waals surface area contributed by atoms with Gasteiger partial charge in [0.05, 0.1) is 11.1 Å². The molecule has 0 spiro atoms. The maximum absolute atomic E-state index is 12.7. The van der Waals surface area contributed by atoms with Crippen molar-refractivity contribution in [1.82, 2.24) is 0 Å². The fourth-order valence-electron chi connectivity index (χ4n) is 3.74. The summed E-state index contributed by atoms with van der Waals surface area (Å²) in [6, 6.07) is 20.1. The Morgan fingerprint density at radius 2 is 1.42 bits per heavy atom. The van der Waals surface area contributed by atoms with Crippen LogP contribution in [0.5, 0.6) is 0 Å². The minimum atomic E-state index is 0.0368. The molecule has 132 valence electrons. The van der Waals surface area contributed by atoms with E-state index in [0.717, 1.165) is 48.5 Å². The van der Waals surface area contributed by atoms with E-state index in [1.165, 1.54) is 6.42 Å². The number of Topliss-reactive ketones (excluding diaryl/α,β-unsaturated/α-hetero) is 1. The highest BCUT2D eigenvalue weighted by Gasteiger charge is 2.29. The number of nitrogens with zero attached hydrogens (tertiary/aromatic N) is 1. The molecule has 0 unspecified atom stereocenters. The second kappa shape index (κ2) is 7.20. The standard InChI is InChI=1S/C23H23NO2/c1-17(25)20-21(18-11-5-2-6-12-18)23(24-15-9-4-10-16-24)26-22(20)19-13-7-3-8-14-19/h2-3,5-8,11-14H,4,9-10,15-16H2,1H3. The highest BCUT2D eigenvalue weighted by molar-refractivity contribution is 6.08. The third kappa shape index (κ3) is 3.05. The van der Waals surface area contributed by atoms with Gasteiger partial charge in [-0.05, 0) is 31.7 Å². The molecule has 1 aromatic heterocycles. The topological polar surface area (TPSA) is 33.5 Å². The molecule has 0 radical (unpaired) electrons. The molecule has 1 fully saturated rings. The molecule has 0 saturated carbocycles. The van der Waals surface area contributed by atoms with Crippen LogP contribution in [-0.2, 0) is 0 Å². The second-order valence-corrected chi connectivity index (χ2v) is 6.82. The molecule has 1 aliphatic rings. The van der Waals surface area contributed by atoms with Crippen LogP contribution in [0, 0.1) is 0 Å². The van der Waals surface area contributed by atoms with Gasteiger partial charge in [0, 0.05) is 18.7 Å². The maximum atomic E-state index is 12.7. The molecule has 0 bridgehead atoms. The van der Waals surface area contributed by atoms with Crippen LogP contribution in [0.15, 0.2) is 65.1 Å². The lowest BCUT2D eigenvalue weighted by atomic mass is 9.96. The summed E-state index contributed by atoms with van der Waals surface area (Å²) < 4.78 is 6.39. The van der Waals surface area contributed by atoms with Gasteiger partial charge >= 0.3 is 0 Å². The number of anilines is 1. The van der Waals surface area contributed by atoms with Crippen molar-refractivity contribution in [1.29, 1.82) is 0 Å². The normalized spacial score (nSPS) is 14.4. The molecule has 26 heavy (non-hydrogen) atoms. The lowest BCUT2D eigenvalue weighted by Gasteiger charge is -2.27. The zero-order valence-electron chi connectivity index (χ0n) is 15.1. The Hall–Kier alpha value is -2.81. The summed E-state index contributed by atoms with van der Waals surface area (Å²) in [4.78, 5) is 14.9. The van der Waals surface area contributed by atoms with Crippen molar-refractivity contribution in [3.8, 4) is 22.5 Å². The molecule has 3 heteroatoms. The van der Waals surface area contributed by atoms with Gasteiger partial charge in [0.25, 0.3) is 0 Å². The molecule has 3 nitrogen and oxygen atoms in total. The van der Waals surface area contributed by atoms with Gasteiger partial charge in [-0.2, -0.15) is 0 Å². The first-order valence-electron chi connectivity index (χ1n) is 9.29. The Balaban J connectivity index is 1.96. The fourth-order valence-corrected chi connectivity index (χ4v) is 3.74. The van der Waals surface area contributed by atoms with Gasteiger partial charge in [-0.3, -0.25) is 4.79 Å². The van der Waals surface area contributed by atoms with E-state index in [9.17, 15) is 4.79 Å². The first-order chi connectivity index (χ1) is 12.8. The largest absolute Gasteiger partial charge is 0.439 e. The minimum absolute atomic E-state index is 0.0368. The summed E-state index contributed by atoms with van der Waals surface area (Å²) in [5.41, 5.74) is 3.59. The number of hydrogen-bond acceptors (Lipinski definition) is 3. The molecule has 3 aromatic rings. The third-order valence-corrected chi connectivity index (χ3v) is 4.98. The van der Waals surface area contributed by atoms with Gasteiger partial charge < -0.3 is 9.32 Å². The minimum Gasteiger partial charge on any atom is -0.439 e. The maximum Gasteiger partial charge on any atom is 0.204 e. The van der Waals surface area contributed by atoms with Crippen LogP contribution in [0.4, 0.5) is 5.88 Å². The number of benzene rings is 2. The monoisotopic (exact) mass is 345 g/mol. The molecule has 0 amide bonds. The number of furan rings is 1. The number of rotatable bonds is 4. The molecule has 0 aliphatic carbocycles. The quantitative estimate of drug-likeness (QED) is 0.560. The predicted molar refractivity (Wildman–Crippen MR) is 106 cm³/mol. The summed E-state index contributed by atoms with van der Waals surface area (Å²) in [5, 5.41) is 0. The number of hydrogen-bond donors (Lipinski definition) is 0. The fraction of sp³-hybridized carbons (Fsp3) is 0.261. The van der Waals surface area contributed by atoms with Crippen LogP contribution in [0.2, 0.25) is 0 Å². The SMILES string of the molecule is CC(=O)c1c(-c2ccccc2)oc(N2CCCCC2)c1-c1ccccc1. The molecule has 1 aliphatic heterocycles. The molecule has 0 atom stereocenters. The van der Waals surface area contributed by atoms with Gasteiger partial charge in [0.1, 0.15) is 5.76 Å². The predicted octanol–water partition coefficient (Wildman–Crippen LogP) is 5.81. The molecular weight excluding hydrogens is 322 g/mol. The third-order valence-electron chi connectivity index (χ3n) is 4.98. The van der Waals surface area contributed by atoms with Crippen molar-refractivity contribution in [3.63, 3.8) is 0 Å². The number of carbonyl (C=O) groups excluding carboxylic acids is 1. The zero-order chi connectivity index (χ0) is 17.9. The van der Waals surface area contributed by atoms with E-state index in [1.54, 1.807) is 6.92 Å². The summed E-state index contributed by atoms with van der Waals surface area (Å²) in [5.74, 6) is 1.55. The summed E-state index contributed by atoms with van der Waals surface area (Å²) in [7, 11) is 0. The van der Waals surface area contributed by atoms with E-state index in [0.29, 0.717) is 11.3 Å². The zero-order valence-corrected chi connectivity index (χ0v) is 15.1. The Morgan fingerprint density at radius 1 is 0.846 bits per heavy atom. The summed E-state index contributed by atoms with van der Waals surface area (Å²) in [6.07, 6.45) is 3.57. The lowest BCUT2D eigenvalue weighted by Crippen LogP contribution is -2.29. The van der Waals surface area contributed by atoms with E-state index in [2.05, 4.69) is 17.0 Å². The summed E-state index contributed by atoms with van der Waals surface area (Å²) in [6.45, 7) is 3.57. The Kier molecular flexibility index (Phi) is 4.61. The van der Waals surface area contributed by atoms with Crippen molar-refractivity contribution in [2.45, 2.75) is 26.2 Å². The van der Waals surface area contributed by atoms with Gasteiger partial charge in [0.15, 0.2) is 5.78 Å². The van der Waals surface area contributed by atoms with Crippen LogP contribution < -0.4 is 4.90 Å². The molecule has 1 saturated heterocycles. The van der Waals surface area contributed by atoms with E-state index >= 15 is 0 Å². The molecule has 2 heterocycles. The highest BCUT2D eigenvalue weighted by atomic mass is 16.4. The van der Waals surface area contributed by atoms with Crippen molar-refractivity contribution < 1.29 is 9.21 Å². The Bertz CT molecular complexity index is 891. The van der Waals surface area contributed by atoms with Gasteiger partial charge in [-0.1, -0.05) is 60.7 Å². The van der Waals surface area contributed by atoms with E-state index in [-0.39, 0.29) is 5.78 Å². The first-order valence-corrected chi connectivity index (χ1v) is 9.29. The van der Waals surface area contributed by atoms with E-state index in [1.807, 2.05) is 48.5 Å². The van der Waals surface area contributed by atoms with Crippen molar-refractivity contribution in [2.24, 2.45) is 0 Å². The van der Waals surface area contributed by atoms with Crippen LogP contribution in [0.3, 0.4) is 0 Å². The average molecular weight is 345 g/mol. The second-order valence-electron chi connectivity index (χ2n) is 6.82. The van der Waals surface area contributed by atoms with Crippen LogP contribution in [0.25, 0.3) is 22.5 Å². The van der Waals surface area contributed by atoms with Crippen molar-refractivity contribution in [2.75, 3.05) is 18.0 Å². The number of carbonyl (C=O) groups is 1. The van der Waals surface area contributed by atoms with E-state index < -0.39 is 0 Å². The molecule has 4 rings (SSSR count). The average Bonchev–Trinajstić information content (AvgIpc) is 3.11.